The summed E-state index contributed by atoms with van der Waals surface area (Å²) in [6.45, 7) is 16.2. The highest BCUT2D eigenvalue weighted by atomic mass is 16.7. The van der Waals surface area contributed by atoms with Crippen LogP contribution in [0.2, 0.25) is 0 Å². The van der Waals surface area contributed by atoms with E-state index in [1.165, 1.54) is 13.8 Å². The molecule has 11 heteroatoms. The molecular formula is C37H61NO10. The molecule has 2 fully saturated rings. The Bertz CT molecular complexity index is 1190. The number of hydrogen-bond donors (Lipinski definition) is 4. The summed E-state index contributed by atoms with van der Waals surface area (Å²) in [6.07, 6.45) is -4.32. The van der Waals surface area contributed by atoms with Crippen LogP contribution in [0, 0.1) is 17.8 Å². The van der Waals surface area contributed by atoms with Crippen LogP contribution in [0.1, 0.15) is 104 Å². The second-order valence-electron chi connectivity index (χ2n) is 14.9. The molecule has 0 aliphatic carbocycles. The van der Waals surface area contributed by atoms with Gasteiger partial charge in [0.2, 0.25) is 0 Å². The maximum Gasteiger partial charge on any atom is 0.338 e. The standard InChI is InChI=1S/C37H61NO10/c1-11-26-14-16-27(17-15-26)34(42)46-28-18-13-22(4)45-35(28)48-32-23(5)30(39)24(6)33(41)47-29(12-2)37(9,44)31(40)25(7)38(10)20-21(3)19-36(32,8)43/h14-17,21-25,28-32,35,39-40,43-44H,11-13,18-20H2,1-10H3/t21-,22-,23+,24-,25-,28-,29-,30+,31-,32-,35+,36-,37-/m1/s1. The van der Waals surface area contributed by atoms with Crippen LogP contribution in [-0.4, -0.2) is 111 Å². The van der Waals surface area contributed by atoms with Gasteiger partial charge in [-0.1, -0.05) is 39.8 Å². The lowest BCUT2D eigenvalue weighted by Crippen LogP contribution is -2.59. The SMILES string of the molecule is CCc1ccc(C(=O)O[C@@H]2CC[C@@H](C)O[C@H]2O[C@@H]2[C@@H](C)[C@H](O)[C@@H](C)C(=O)O[C@H](CC)[C@@](C)(O)[C@H](O)[C@@H](C)N(C)C[C@H](C)C[C@@]2(C)O)cc1. The molecule has 0 radical (unpaired) electrons. The predicted octanol–water partition coefficient (Wildman–Crippen LogP) is 3.86. The van der Waals surface area contributed by atoms with E-state index < -0.39 is 77.8 Å². The third-order valence-electron chi connectivity index (χ3n) is 10.6. The molecule has 0 saturated carbocycles. The quantitative estimate of drug-likeness (QED) is 0.324. The van der Waals surface area contributed by atoms with Crippen LogP contribution in [0.3, 0.4) is 0 Å². The van der Waals surface area contributed by atoms with Crippen LogP contribution in [-0.2, 0) is 30.2 Å². The van der Waals surface area contributed by atoms with Gasteiger partial charge in [0.25, 0.3) is 0 Å². The van der Waals surface area contributed by atoms with Crippen molar-refractivity contribution in [2.75, 3.05) is 13.6 Å². The molecule has 2 aliphatic heterocycles. The van der Waals surface area contributed by atoms with E-state index >= 15 is 0 Å². The molecule has 13 atom stereocenters. The normalized spacial score (nSPS) is 41.1. The first-order valence-electron chi connectivity index (χ1n) is 17.7. The minimum atomic E-state index is -1.77. The van der Waals surface area contributed by atoms with Gasteiger partial charge in [0.05, 0.1) is 35.4 Å². The number of aliphatic hydroxyl groups is 4. The first kappa shape index (κ1) is 40.3. The number of benzene rings is 1. The summed E-state index contributed by atoms with van der Waals surface area (Å²) < 4.78 is 24.5. The van der Waals surface area contributed by atoms with E-state index in [0.717, 1.165) is 12.0 Å². The number of ether oxygens (including phenoxy) is 4. The summed E-state index contributed by atoms with van der Waals surface area (Å²) in [7, 11) is 1.83. The fraction of sp³-hybridized carbons (Fsp3) is 0.784. The van der Waals surface area contributed by atoms with E-state index in [1.807, 2.05) is 44.9 Å². The van der Waals surface area contributed by atoms with E-state index in [0.29, 0.717) is 24.9 Å². The van der Waals surface area contributed by atoms with Crippen molar-refractivity contribution in [1.29, 1.82) is 0 Å². The van der Waals surface area contributed by atoms with Crippen molar-refractivity contribution in [3.05, 3.63) is 35.4 Å². The van der Waals surface area contributed by atoms with Crippen molar-refractivity contribution >= 4 is 11.9 Å². The second-order valence-corrected chi connectivity index (χ2v) is 14.9. The van der Waals surface area contributed by atoms with Crippen molar-refractivity contribution in [3.8, 4) is 0 Å². The Kier molecular flexibility index (Phi) is 14.0. The lowest BCUT2D eigenvalue weighted by Gasteiger charge is -2.45. The monoisotopic (exact) mass is 679 g/mol. The minimum Gasteiger partial charge on any atom is -0.459 e. The van der Waals surface area contributed by atoms with Crippen LogP contribution < -0.4 is 0 Å². The zero-order valence-corrected chi connectivity index (χ0v) is 30.6. The molecule has 2 saturated heterocycles. The number of aryl methyl sites for hydroxylation is 1. The average Bonchev–Trinajstić information content (AvgIpc) is 3.04. The minimum absolute atomic E-state index is 0.131. The van der Waals surface area contributed by atoms with Gasteiger partial charge in [-0.3, -0.25) is 4.79 Å². The van der Waals surface area contributed by atoms with Crippen LogP contribution in [0.4, 0.5) is 0 Å². The molecule has 48 heavy (non-hydrogen) atoms. The highest BCUT2D eigenvalue weighted by Gasteiger charge is 2.49. The molecule has 0 unspecified atom stereocenters. The zero-order valence-electron chi connectivity index (χ0n) is 30.6. The van der Waals surface area contributed by atoms with E-state index in [-0.39, 0.29) is 24.9 Å². The van der Waals surface area contributed by atoms with E-state index in [1.54, 1.807) is 39.8 Å². The summed E-state index contributed by atoms with van der Waals surface area (Å²) in [4.78, 5) is 28.6. The Labute approximate surface area is 286 Å². The van der Waals surface area contributed by atoms with Gasteiger partial charge in [-0.15, -0.1) is 0 Å². The molecule has 274 valence electrons. The molecule has 4 N–H and O–H groups in total. The molecule has 0 amide bonds. The van der Waals surface area contributed by atoms with Crippen molar-refractivity contribution < 1.29 is 49.0 Å². The molecule has 0 bridgehead atoms. The Hall–Kier alpha value is -2.12. The third-order valence-corrected chi connectivity index (χ3v) is 10.6. The molecular weight excluding hydrogens is 618 g/mol. The molecule has 0 aromatic heterocycles. The number of rotatable bonds is 6. The van der Waals surface area contributed by atoms with Crippen LogP contribution in [0.15, 0.2) is 24.3 Å². The van der Waals surface area contributed by atoms with Crippen molar-refractivity contribution in [1.82, 2.24) is 4.90 Å². The summed E-state index contributed by atoms with van der Waals surface area (Å²) in [6, 6.07) is 6.71. The predicted molar refractivity (Wildman–Crippen MR) is 181 cm³/mol. The fourth-order valence-electron chi connectivity index (χ4n) is 7.32. The summed E-state index contributed by atoms with van der Waals surface area (Å²) in [5.74, 6) is -3.28. The number of likely N-dealkylation sites (N-methyl/N-ethyl adjacent to an activating group) is 1. The summed E-state index contributed by atoms with van der Waals surface area (Å²) in [5.41, 5.74) is -1.81. The third kappa shape index (κ3) is 9.56. The number of aliphatic hydroxyl groups excluding tert-OH is 2. The molecule has 2 aliphatic rings. The number of carbonyl (C=O) groups excluding carboxylic acids is 2. The molecule has 1 aromatic carbocycles. The Balaban J connectivity index is 1.97. The van der Waals surface area contributed by atoms with Crippen LogP contribution in [0.25, 0.3) is 0 Å². The maximum atomic E-state index is 13.4. The largest absolute Gasteiger partial charge is 0.459 e. The molecule has 11 nitrogen and oxygen atoms in total. The number of carbonyl (C=O) groups is 2. The molecule has 1 aromatic rings. The van der Waals surface area contributed by atoms with Gasteiger partial charge in [0, 0.05) is 18.5 Å². The molecule has 3 rings (SSSR count). The summed E-state index contributed by atoms with van der Waals surface area (Å²) in [5, 5.41) is 46.5. The number of cyclic esters (lactones) is 1. The van der Waals surface area contributed by atoms with Gasteiger partial charge in [-0.25, -0.2) is 4.79 Å². The van der Waals surface area contributed by atoms with Gasteiger partial charge < -0.3 is 44.3 Å². The van der Waals surface area contributed by atoms with Gasteiger partial charge >= 0.3 is 11.9 Å². The van der Waals surface area contributed by atoms with Gasteiger partial charge in [-0.2, -0.15) is 0 Å². The lowest BCUT2D eigenvalue weighted by molar-refractivity contribution is -0.289. The highest BCUT2D eigenvalue weighted by Crippen LogP contribution is 2.36. The fourth-order valence-corrected chi connectivity index (χ4v) is 7.32. The second kappa shape index (κ2) is 16.7. The topological polar surface area (TPSA) is 155 Å². The first-order valence-corrected chi connectivity index (χ1v) is 17.7. The Morgan fingerprint density at radius 2 is 1.65 bits per heavy atom. The van der Waals surface area contributed by atoms with Crippen molar-refractivity contribution in [2.45, 2.75) is 155 Å². The van der Waals surface area contributed by atoms with E-state index in [4.69, 9.17) is 18.9 Å². The number of esters is 2. The smallest absolute Gasteiger partial charge is 0.338 e. The number of hydrogen-bond acceptors (Lipinski definition) is 11. The van der Waals surface area contributed by atoms with Crippen LogP contribution >= 0.6 is 0 Å². The van der Waals surface area contributed by atoms with Crippen molar-refractivity contribution in [2.24, 2.45) is 17.8 Å². The summed E-state index contributed by atoms with van der Waals surface area (Å²) >= 11 is 0. The van der Waals surface area contributed by atoms with E-state index in [9.17, 15) is 30.0 Å². The lowest BCUT2D eigenvalue weighted by atomic mass is 9.78. The average molecular weight is 680 g/mol. The number of nitrogens with zero attached hydrogens (tertiary/aromatic N) is 1. The Morgan fingerprint density at radius 1 is 1.02 bits per heavy atom. The first-order chi connectivity index (χ1) is 22.3. The maximum absolute atomic E-state index is 13.4. The van der Waals surface area contributed by atoms with Crippen LogP contribution in [0.5, 0.6) is 0 Å². The van der Waals surface area contributed by atoms with Gasteiger partial charge in [-0.05, 0) is 97.4 Å². The zero-order chi connectivity index (χ0) is 36.1. The van der Waals surface area contributed by atoms with Crippen molar-refractivity contribution in [3.63, 3.8) is 0 Å². The van der Waals surface area contributed by atoms with Gasteiger partial charge in [0.15, 0.2) is 12.4 Å². The highest BCUT2D eigenvalue weighted by molar-refractivity contribution is 5.89. The van der Waals surface area contributed by atoms with Gasteiger partial charge in [0.1, 0.15) is 17.8 Å². The molecule has 0 spiro atoms. The Morgan fingerprint density at radius 3 is 2.23 bits per heavy atom. The molecule has 2 heterocycles. The van der Waals surface area contributed by atoms with E-state index in [2.05, 4.69) is 0 Å².